The number of allylic oxidation sites excluding steroid dienone is 2. The highest BCUT2D eigenvalue weighted by Gasteiger charge is 2.58. The van der Waals surface area contributed by atoms with E-state index in [0.29, 0.717) is 29.1 Å². The van der Waals surface area contributed by atoms with E-state index in [2.05, 4.69) is 30.5 Å². The van der Waals surface area contributed by atoms with Gasteiger partial charge >= 0.3 is 5.97 Å². The van der Waals surface area contributed by atoms with Crippen molar-refractivity contribution >= 4 is 23.4 Å². The zero-order chi connectivity index (χ0) is 23.4. The van der Waals surface area contributed by atoms with Crippen molar-refractivity contribution in [3.05, 3.63) is 47.0 Å². The van der Waals surface area contributed by atoms with Gasteiger partial charge in [-0.3, -0.25) is 9.59 Å². The molecule has 5 unspecified atom stereocenters. The number of ketones is 1. The monoisotopic (exact) mass is 448 g/mol. The summed E-state index contributed by atoms with van der Waals surface area (Å²) in [5.41, 5.74) is 5.58. The summed E-state index contributed by atoms with van der Waals surface area (Å²) in [6.45, 7) is 4.63. The van der Waals surface area contributed by atoms with Crippen molar-refractivity contribution in [2.75, 3.05) is 0 Å². The lowest BCUT2D eigenvalue weighted by atomic mass is 9.47. The number of hydrogen-bond acceptors (Lipinski definition) is 4. The number of carbonyl (C=O) groups is 3. The molecule has 1 amide bonds. The number of benzene rings is 1. The highest BCUT2D eigenvalue weighted by Crippen LogP contribution is 2.64. The van der Waals surface area contributed by atoms with Crippen LogP contribution in [0.5, 0.6) is 0 Å². The Morgan fingerprint density at radius 2 is 1.64 bits per heavy atom. The number of hydrogen-bond donors (Lipinski definition) is 2. The smallest absolute Gasteiger partial charge is 0.335 e. The van der Waals surface area contributed by atoms with Gasteiger partial charge in [-0.25, -0.2) is 10.2 Å². The summed E-state index contributed by atoms with van der Waals surface area (Å²) in [6.07, 6.45) is 10.2. The van der Waals surface area contributed by atoms with E-state index >= 15 is 0 Å². The van der Waals surface area contributed by atoms with Crippen molar-refractivity contribution < 1.29 is 19.5 Å². The Labute approximate surface area is 194 Å². The molecule has 0 aliphatic heterocycles. The van der Waals surface area contributed by atoms with Gasteiger partial charge in [0.25, 0.3) is 5.91 Å². The van der Waals surface area contributed by atoms with Gasteiger partial charge in [-0.1, -0.05) is 19.4 Å². The number of fused-ring (bicyclic) bond motifs is 5. The molecule has 5 rings (SSSR count). The van der Waals surface area contributed by atoms with E-state index in [1.807, 2.05) is 0 Å². The van der Waals surface area contributed by atoms with E-state index in [1.165, 1.54) is 29.8 Å². The number of hydrazone groups is 1. The van der Waals surface area contributed by atoms with E-state index in [-0.39, 0.29) is 22.3 Å². The minimum Gasteiger partial charge on any atom is -0.478 e. The number of carboxylic acids is 1. The van der Waals surface area contributed by atoms with E-state index in [4.69, 9.17) is 5.11 Å². The number of nitrogens with one attached hydrogen (secondary N) is 1. The Hall–Kier alpha value is -2.76. The number of Topliss-reactive ketones (excluding diaryl/α,β-unsaturated/α-hetero) is 1. The first-order valence-electron chi connectivity index (χ1n) is 12.2. The van der Waals surface area contributed by atoms with Gasteiger partial charge in [-0.05, 0) is 98.5 Å². The molecule has 0 heterocycles. The van der Waals surface area contributed by atoms with Crippen LogP contribution in [-0.2, 0) is 4.79 Å². The van der Waals surface area contributed by atoms with Crippen molar-refractivity contribution in [3.63, 3.8) is 0 Å². The fourth-order valence-corrected chi connectivity index (χ4v) is 7.38. The molecule has 33 heavy (non-hydrogen) atoms. The Morgan fingerprint density at radius 1 is 0.939 bits per heavy atom. The maximum atomic E-state index is 12.6. The van der Waals surface area contributed by atoms with Crippen molar-refractivity contribution in [1.29, 1.82) is 0 Å². The Bertz CT molecular complexity index is 1070. The van der Waals surface area contributed by atoms with Gasteiger partial charge in [-0.2, -0.15) is 5.10 Å². The predicted octanol–water partition coefficient (Wildman–Crippen LogP) is 5.00. The maximum Gasteiger partial charge on any atom is 0.335 e. The molecule has 3 saturated carbocycles. The minimum absolute atomic E-state index is 0.0903. The lowest BCUT2D eigenvalue weighted by molar-refractivity contribution is -0.132. The number of rotatable bonds is 3. The second kappa shape index (κ2) is 7.93. The molecule has 0 bridgehead atoms. The number of aromatic carboxylic acids is 1. The number of carboxylic acid groups (broad SMARTS) is 1. The van der Waals surface area contributed by atoms with E-state index in [9.17, 15) is 14.4 Å². The van der Waals surface area contributed by atoms with Gasteiger partial charge in [0.05, 0.1) is 11.3 Å². The second-order valence-corrected chi connectivity index (χ2v) is 10.8. The summed E-state index contributed by atoms with van der Waals surface area (Å²) >= 11 is 0. The molecule has 6 heteroatoms. The van der Waals surface area contributed by atoms with E-state index in [1.54, 1.807) is 0 Å². The summed E-state index contributed by atoms with van der Waals surface area (Å²) in [5.74, 6) is 0.950. The lowest BCUT2D eigenvalue weighted by Crippen LogP contribution is -2.50. The molecule has 4 aliphatic rings. The summed E-state index contributed by atoms with van der Waals surface area (Å²) in [7, 11) is 0. The van der Waals surface area contributed by atoms with Crippen LogP contribution in [-0.4, -0.2) is 28.5 Å². The number of carbonyl (C=O) groups excluding carboxylic acids is 2. The predicted molar refractivity (Wildman–Crippen MR) is 125 cm³/mol. The molecule has 4 aliphatic carbocycles. The van der Waals surface area contributed by atoms with Crippen LogP contribution in [0.3, 0.4) is 0 Å². The summed E-state index contributed by atoms with van der Waals surface area (Å²) in [5, 5.41) is 13.4. The maximum absolute atomic E-state index is 12.6. The van der Waals surface area contributed by atoms with Crippen LogP contribution >= 0.6 is 0 Å². The van der Waals surface area contributed by atoms with Crippen molar-refractivity contribution in [3.8, 4) is 0 Å². The molecule has 3 fully saturated rings. The summed E-state index contributed by atoms with van der Waals surface area (Å²) in [6, 6.07) is 5.84. The van der Waals surface area contributed by atoms with Crippen LogP contribution in [0.25, 0.3) is 0 Å². The van der Waals surface area contributed by atoms with Crippen molar-refractivity contribution in [1.82, 2.24) is 5.43 Å². The zero-order valence-corrected chi connectivity index (χ0v) is 19.4. The second-order valence-electron chi connectivity index (χ2n) is 10.8. The number of nitrogens with zero attached hydrogens (tertiary/aromatic N) is 1. The fourth-order valence-electron chi connectivity index (χ4n) is 7.38. The van der Waals surface area contributed by atoms with E-state index in [0.717, 1.165) is 57.1 Å². The van der Waals surface area contributed by atoms with Gasteiger partial charge in [0.2, 0.25) is 0 Å². The quantitative estimate of drug-likeness (QED) is 0.636. The van der Waals surface area contributed by atoms with E-state index < -0.39 is 5.97 Å². The average Bonchev–Trinajstić information content (AvgIpc) is 3.12. The number of amides is 1. The van der Waals surface area contributed by atoms with Gasteiger partial charge in [-0.15, -0.1) is 0 Å². The van der Waals surface area contributed by atoms with Crippen LogP contribution in [0.15, 0.2) is 41.0 Å². The highest BCUT2D eigenvalue weighted by atomic mass is 16.4. The molecule has 2 N–H and O–H groups in total. The normalized spacial score (nSPS) is 36.4. The van der Waals surface area contributed by atoms with Crippen molar-refractivity contribution in [2.24, 2.45) is 33.7 Å². The molecule has 0 spiro atoms. The first kappa shape index (κ1) is 22.1. The van der Waals surface area contributed by atoms with Gasteiger partial charge in [0.1, 0.15) is 5.78 Å². The molecule has 1 aromatic rings. The third kappa shape index (κ3) is 3.54. The van der Waals surface area contributed by atoms with Crippen LogP contribution < -0.4 is 5.43 Å². The lowest BCUT2D eigenvalue weighted by Gasteiger charge is -2.57. The van der Waals surface area contributed by atoms with Crippen molar-refractivity contribution in [2.45, 2.75) is 65.2 Å². The van der Waals surface area contributed by atoms with Crippen LogP contribution in [0.1, 0.15) is 85.9 Å². The topological polar surface area (TPSA) is 95.8 Å². The van der Waals surface area contributed by atoms with Gasteiger partial charge in [0, 0.05) is 17.4 Å². The van der Waals surface area contributed by atoms with Crippen LogP contribution in [0.2, 0.25) is 0 Å². The average molecular weight is 449 g/mol. The Kier molecular flexibility index (Phi) is 5.30. The minimum atomic E-state index is -1.02. The molecule has 174 valence electrons. The van der Waals surface area contributed by atoms with Crippen LogP contribution in [0, 0.1) is 28.6 Å². The Balaban J connectivity index is 1.30. The fraction of sp³-hybridized carbons (Fsp3) is 0.556. The molecule has 1 aromatic carbocycles. The Morgan fingerprint density at radius 3 is 2.36 bits per heavy atom. The van der Waals surface area contributed by atoms with Crippen LogP contribution in [0.4, 0.5) is 0 Å². The largest absolute Gasteiger partial charge is 0.478 e. The zero-order valence-electron chi connectivity index (χ0n) is 19.4. The molecule has 5 atom stereocenters. The molecule has 0 aromatic heterocycles. The summed E-state index contributed by atoms with van der Waals surface area (Å²) in [4.78, 5) is 36.0. The van der Waals surface area contributed by atoms with Gasteiger partial charge in [0.15, 0.2) is 0 Å². The third-order valence-electron chi connectivity index (χ3n) is 9.38. The standard InChI is InChI=1S/C27H32N2O4/c1-26-13-11-19(28-29-24(31)16-3-5-17(6-4-16)25(32)33)15-18(26)7-8-20-21-9-10-23(30)27(21,2)14-12-22(20)26/h3-6,15,20-22H,7-14H2,1-2H3,(H,29,31)(H,32,33). The summed E-state index contributed by atoms with van der Waals surface area (Å²) < 4.78 is 0. The molecule has 0 radical (unpaired) electrons. The first-order chi connectivity index (χ1) is 15.7. The third-order valence-corrected chi connectivity index (χ3v) is 9.38. The van der Waals surface area contributed by atoms with Gasteiger partial charge < -0.3 is 5.11 Å². The SMILES string of the molecule is CC12CCC3C(CCC4=CC(=NNC(=O)c5ccc(C(=O)O)cc5)CCC43C)C1CCC2=O. The highest BCUT2D eigenvalue weighted by molar-refractivity contribution is 6.00. The molecular weight excluding hydrogens is 416 g/mol. The molecular formula is C27H32N2O4. The first-order valence-corrected chi connectivity index (χ1v) is 12.2. The molecule has 6 nitrogen and oxygen atoms in total. The molecule has 0 saturated heterocycles.